The molecule has 1 saturated carbocycles. The van der Waals surface area contributed by atoms with Gasteiger partial charge in [-0.3, -0.25) is 9.80 Å². The van der Waals surface area contributed by atoms with Gasteiger partial charge in [0.1, 0.15) is 0 Å². The fourth-order valence-corrected chi connectivity index (χ4v) is 0.618. The number of nitrogens with zero attached hydrogens (tertiary/aromatic N) is 1. The Morgan fingerprint density at radius 2 is 2.25 bits per heavy atom. The van der Waals surface area contributed by atoms with Crippen LogP contribution in [0.25, 0.3) is 0 Å². The number of rotatable bonds is 1. The summed E-state index contributed by atoms with van der Waals surface area (Å²) in [5.74, 6) is 5.49. The molecule has 1 fully saturated rings. The average molecular weight is 114 g/mol. The summed E-state index contributed by atoms with van der Waals surface area (Å²) in [7, 11) is 1.58. The highest BCUT2D eigenvalue weighted by atomic mass is 16.2. The Morgan fingerprint density at radius 3 is 2.38 bits per heavy atom. The predicted octanol–water partition coefficient (Wildman–Crippen LogP) is -0.272. The van der Waals surface area contributed by atoms with Gasteiger partial charge in [0.05, 0.1) is 0 Å². The van der Waals surface area contributed by atoms with Crippen molar-refractivity contribution in [1.29, 1.82) is 0 Å². The van der Waals surface area contributed by atoms with Gasteiger partial charge >= 0.3 is 0 Å². The van der Waals surface area contributed by atoms with Gasteiger partial charge in [0.25, 0.3) is 0 Å². The van der Waals surface area contributed by atoms with Crippen molar-refractivity contribution in [1.82, 2.24) is 5.01 Å². The monoisotopic (exact) mass is 114 g/mol. The summed E-state index contributed by atoms with van der Waals surface area (Å²) in [5, 5.41) is 1.16. The molecule has 1 rings (SSSR count). The number of hydrogen-bond acceptors (Lipinski definition) is 2. The van der Waals surface area contributed by atoms with E-state index in [1.807, 2.05) is 0 Å². The zero-order chi connectivity index (χ0) is 6.15. The van der Waals surface area contributed by atoms with Gasteiger partial charge in [-0.15, -0.1) is 0 Å². The molecular formula is C5H10N2O. The second kappa shape index (κ2) is 1.74. The van der Waals surface area contributed by atoms with E-state index in [0.717, 1.165) is 17.9 Å². The number of hydrazine groups is 1. The molecule has 0 aromatic carbocycles. The Kier molecular flexibility index (Phi) is 1.21. The van der Waals surface area contributed by atoms with Gasteiger partial charge in [-0.05, 0) is 12.8 Å². The fraction of sp³-hybridized carbons (Fsp3) is 0.800. The fourth-order valence-electron chi connectivity index (χ4n) is 0.618. The van der Waals surface area contributed by atoms with Crippen molar-refractivity contribution >= 4 is 5.91 Å². The molecule has 0 aromatic rings. The highest BCUT2D eigenvalue weighted by Gasteiger charge is 2.30. The quantitative estimate of drug-likeness (QED) is 0.290. The van der Waals surface area contributed by atoms with E-state index >= 15 is 0 Å². The first kappa shape index (κ1) is 5.56. The molecule has 3 nitrogen and oxygen atoms in total. The topological polar surface area (TPSA) is 46.3 Å². The van der Waals surface area contributed by atoms with Gasteiger partial charge in [0.2, 0.25) is 5.91 Å². The molecule has 0 atom stereocenters. The molecular weight excluding hydrogens is 104 g/mol. The summed E-state index contributed by atoms with van der Waals surface area (Å²) in [6.45, 7) is 0. The van der Waals surface area contributed by atoms with Crippen molar-refractivity contribution in [3.8, 4) is 0 Å². The molecule has 0 spiro atoms. The van der Waals surface area contributed by atoms with Crippen LogP contribution in [0.15, 0.2) is 0 Å². The minimum Gasteiger partial charge on any atom is -0.284 e. The number of carbonyl (C=O) groups excluding carboxylic acids is 1. The van der Waals surface area contributed by atoms with Crippen molar-refractivity contribution < 1.29 is 4.79 Å². The maximum Gasteiger partial charge on any atom is 0.239 e. The second-order valence-corrected chi connectivity index (χ2v) is 2.22. The van der Waals surface area contributed by atoms with Crippen LogP contribution in [0.5, 0.6) is 0 Å². The standard InChI is InChI=1S/C5H10N2O/c1-7(6)5(8)4-2-3-4/h4H,2-3,6H2,1H3. The minimum atomic E-state index is 0.0741. The molecule has 0 aromatic heterocycles. The highest BCUT2D eigenvalue weighted by Crippen LogP contribution is 2.29. The van der Waals surface area contributed by atoms with Crippen molar-refractivity contribution in [2.45, 2.75) is 12.8 Å². The lowest BCUT2D eigenvalue weighted by Crippen LogP contribution is -2.34. The van der Waals surface area contributed by atoms with E-state index in [4.69, 9.17) is 5.84 Å². The average Bonchev–Trinajstić information content (AvgIpc) is 2.43. The van der Waals surface area contributed by atoms with Crippen LogP contribution in [0.1, 0.15) is 12.8 Å². The van der Waals surface area contributed by atoms with Gasteiger partial charge in [-0.1, -0.05) is 0 Å². The second-order valence-electron chi connectivity index (χ2n) is 2.22. The number of nitrogens with two attached hydrogens (primary N) is 1. The summed E-state index contributed by atoms with van der Waals surface area (Å²) in [4.78, 5) is 10.7. The first-order valence-corrected chi connectivity index (χ1v) is 2.74. The first-order chi connectivity index (χ1) is 3.72. The Morgan fingerprint density at radius 1 is 1.75 bits per heavy atom. The molecule has 0 saturated heterocycles. The summed E-state index contributed by atoms with van der Waals surface area (Å²) in [6.07, 6.45) is 2.06. The van der Waals surface area contributed by atoms with Crippen LogP contribution in [0, 0.1) is 5.92 Å². The Balaban J connectivity index is 2.33. The molecule has 0 unspecified atom stereocenters. The summed E-state index contributed by atoms with van der Waals surface area (Å²) in [6, 6.07) is 0. The molecule has 0 bridgehead atoms. The zero-order valence-corrected chi connectivity index (χ0v) is 4.92. The van der Waals surface area contributed by atoms with Crippen molar-refractivity contribution in [3.63, 3.8) is 0 Å². The number of amides is 1. The maximum atomic E-state index is 10.7. The minimum absolute atomic E-state index is 0.0741. The third kappa shape index (κ3) is 0.980. The van der Waals surface area contributed by atoms with E-state index in [1.54, 1.807) is 7.05 Å². The van der Waals surface area contributed by atoms with Crippen molar-refractivity contribution in [2.24, 2.45) is 11.8 Å². The molecule has 0 radical (unpaired) electrons. The number of carbonyl (C=O) groups is 1. The smallest absolute Gasteiger partial charge is 0.239 e. The maximum absolute atomic E-state index is 10.7. The lowest BCUT2D eigenvalue weighted by Gasteiger charge is -2.06. The van der Waals surface area contributed by atoms with Crippen LogP contribution in [-0.2, 0) is 4.79 Å². The molecule has 8 heavy (non-hydrogen) atoms. The lowest BCUT2D eigenvalue weighted by atomic mass is 10.4. The molecule has 1 aliphatic carbocycles. The summed E-state index contributed by atoms with van der Waals surface area (Å²) in [5.41, 5.74) is 0. The predicted molar refractivity (Wildman–Crippen MR) is 29.7 cm³/mol. The molecule has 46 valence electrons. The Labute approximate surface area is 48.4 Å². The van der Waals surface area contributed by atoms with Gasteiger partial charge in [-0.2, -0.15) is 0 Å². The SMILES string of the molecule is CN(N)C(=O)C1CC1. The molecule has 0 aliphatic heterocycles. The largest absolute Gasteiger partial charge is 0.284 e. The van der Waals surface area contributed by atoms with Crippen LogP contribution >= 0.6 is 0 Å². The van der Waals surface area contributed by atoms with E-state index in [0.29, 0.717) is 0 Å². The normalized spacial score (nSPS) is 18.2. The third-order valence-corrected chi connectivity index (χ3v) is 1.27. The van der Waals surface area contributed by atoms with E-state index in [2.05, 4.69) is 0 Å². The van der Waals surface area contributed by atoms with E-state index < -0.39 is 0 Å². The summed E-state index contributed by atoms with van der Waals surface area (Å²) < 4.78 is 0. The Hall–Kier alpha value is -0.570. The van der Waals surface area contributed by atoms with Crippen LogP contribution in [0.4, 0.5) is 0 Å². The summed E-state index contributed by atoms with van der Waals surface area (Å²) >= 11 is 0. The van der Waals surface area contributed by atoms with E-state index in [-0.39, 0.29) is 11.8 Å². The highest BCUT2D eigenvalue weighted by molar-refractivity contribution is 5.80. The van der Waals surface area contributed by atoms with Crippen molar-refractivity contribution in [3.05, 3.63) is 0 Å². The van der Waals surface area contributed by atoms with Gasteiger partial charge in [-0.25, -0.2) is 5.84 Å². The Bertz CT molecular complexity index is 103. The number of hydrogen-bond donors (Lipinski definition) is 1. The molecule has 3 heteroatoms. The lowest BCUT2D eigenvalue weighted by molar-refractivity contribution is -0.131. The zero-order valence-electron chi connectivity index (χ0n) is 4.92. The van der Waals surface area contributed by atoms with Crippen LogP contribution in [-0.4, -0.2) is 18.0 Å². The first-order valence-electron chi connectivity index (χ1n) is 2.74. The van der Waals surface area contributed by atoms with Gasteiger partial charge in [0, 0.05) is 13.0 Å². The van der Waals surface area contributed by atoms with Crippen LogP contribution in [0.3, 0.4) is 0 Å². The molecule has 1 amide bonds. The molecule has 2 N–H and O–H groups in total. The van der Waals surface area contributed by atoms with Gasteiger partial charge in [0.15, 0.2) is 0 Å². The van der Waals surface area contributed by atoms with Gasteiger partial charge < -0.3 is 0 Å². The van der Waals surface area contributed by atoms with Crippen molar-refractivity contribution in [2.75, 3.05) is 7.05 Å². The van der Waals surface area contributed by atoms with E-state index in [9.17, 15) is 4.79 Å². The van der Waals surface area contributed by atoms with Crippen LogP contribution in [0.2, 0.25) is 0 Å². The van der Waals surface area contributed by atoms with Crippen LogP contribution < -0.4 is 5.84 Å². The van der Waals surface area contributed by atoms with E-state index in [1.165, 1.54) is 0 Å². The molecule has 1 aliphatic rings. The third-order valence-electron chi connectivity index (χ3n) is 1.27. The molecule has 0 heterocycles.